The largest absolute Gasteiger partial charge is 0.482 e. The molecular formula is C18H18O. The van der Waals surface area contributed by atoms with E-state index in [-0.39, 0.29) is 5.60 Å². The molecule has 0 amide bonds. The Labute approximate surface area is 114 Å². The lowest BCUT2D eigenvalue weighted by molar-refractivity contribution is 0.0240. The number of ether oxygens (including phenoxy) is 1. The van der Waals surface area contributed by atoms with Crippen molar-refractivity contribution in [2.24, 2.45) is 0 Å². The molecule has 0 bridgehead atoms. The predicted molar refractivity (Wildman–Crippen MR) is 77.3 cm³/mol. The molecule has 4 rings (SSSR count). The first-order chi connectivity index (χ1) is 9.39. The number of fused-ring (bicyclic) bond motifs is 4. The smallest absolute Gasteiger partial charge is 0.135 e. The van der Waals surface area contributed by atoms with Crippen LogP contribution >= 0.6 is 0 Å². The van der Waals surface area contributed by atoms with Crippen molar-refractivity contribution in [2.75, 3.05) is 0 Å². The normalized spacial score (nSPS) is 19.4. The molecule has 1 heteroatoms. The van der Waals surface area contributed by atoms with Crippen molar-refractivity contribution in [1.29, 1.82) is 0 Å². The van der Waals surface area contributed by atoms with Gasteiger partial charge >= 0.3 is 0 Å². The van der Waals surface area contributed by atoms with Crippen LogP contribution in [-0.4, -0.2) is 0 Å². The molecule has 0 aromatic heterocycles. The highest BCUT2D eigenvalue weighted by atomic mass is 16.5. The molecule has 0 saturated heterocycles. The molecule has 96 valence electrons. The van der Waals surface area contributed by atoms with Crippen molar-refractivity contribution in [3.63, 3.8) is 0 Å². The van der Waals surface area contributed by atoms with Gasteiger partial charge in [0.05, 0.1) is 0 Å². The van der Waals surface area contributed by atoms with Crippen molar-refractivity contribution in [3.05, 3.63) is 54.1 Å². The molecule has 1 aliphatic carbocycles. The zero-order valence-corrected chi connectivity index (χ0v) is 11.1. The average molecular weight is 250 g/mol. The number of hydrogen-bond acceptors (Lipinski definition) is 1. The SMILES string of the molecule is c1ccc2c(c1)OC1(CCCCC1)c1ccccc1-2. The molecule has 1 saturated carbocycles. The summed E-state index contributed by atoms with van der Waals surface area (Å²) in [5, 5.41) is 0. The highest BCUT2D eigenvalue weighted by Gasteiger charge is 2.41. The number of rotatable bonds is 0. The van der Waals surface area contributed by atoms with Gasteiger partial charge in [-0.05, 0) is 37.3 Å². The van der Waals surface area contributed by atoms with Gasteiger partial charge in [-0.3, -0.25) is 0 Å². The quantitative estimate of drug-likeness (QED) is 0.645. The maximum Gasteiger partial charge on any atom is 0.135 e. The summed E-state index contributed by atoms with van der Waals surface area (Å²) < 4.78 is 6.49. The van der Waals surface area contributed by atoms with E-state index < -0.39 is 0 Å². The Morgan fingerprint density at radius 2 is 1.42 bits per heavy atom. The van der Waals surface area contributed by atoms with Crippen LogP contribution in [0.25, 0.3) is 11.1 Å². The van der Waals surface area contributed by atoms with Crippen molar-refractivity contribution in [3.8, 4) is 16.9 Å². The molecule has 1 aliphatic heterocycles. The highest BCUT2D eigenvalue weighted by molar-refractivity contribution is 5.76. The molecule has 1 fully saturated rings. The van der Waals surface area contributed by atoms with E-state index >= 15 is 0 Å². The van der Waals surface area contributed by atoms with Crippen LogP contribution in [-0.2, 0) is 5.60 Å². The minimum Gasteiger partial charge on any atom is -0.482 e. The lowest BCUT2D eigenvalue weighted by atomic mass is 9.75. The van der Waals surface area contributed by atoms with Crippen molar-refractivity contribution < 1.29 is 4.74 Å². The molecule has 2 aromatic carbocycles. The Hall–Kier alpha value is -1.76. The molecule has 0 N–H and O–H groups in total. The molecule has 0 unspecified atom stereocenters. The van der Waals surface area contributed by atoms with Gasteiger partial charge in [0.15, 0.2) is 0 Å². The van der Waals surface area contributed by atoms with Crippen LogP contribution in [0.4, 0.5) is 0 Å². The first-order valence-electron chi connectivity index (χ1n) is 7.27. The van der Waals surface area contributed by atoms with Crippen molar-refractivity contribution >= 4 is 0 Å². The maximum atomic E-state index is 6.49. The van der Waals surface area contributed by atoms with Gasteiger partial charge in [0, 0.05) is 11.1 Å². The average Bonchev–Trinajstić information content (AvgIpc) is 2.49. The van der Waals surface area contributed by atoms with E-state index in [2.05, 4.69) is 48.5 Å². The van der Waals surface area contributed by atoms with Gasteiger partial charge in [-0.1, -0.05) is 48.9 Å². The minimum absolute atomic E-state index is 0.0663. The zero-order valence-electron chi connectivity index (χ0n) is 11.1. The molecule has 0 atom stereocenters. The van der Waals surface area contributed by atoms with Gasteiger partial charge in [0.1, 0.15) is 11.4 Å². The summed E-state index contributed by atoms with van der Waals surface area (Å²) in [6.45, 7) is 0. The second-order valence-corrected chi connectivity index (χ2v) is 5.70. The number of hydrogen-bond donors (Lipinski definition) is 0. The first kappa shape index (κ1) is 11.1. The summed E-state index contributed by atoms with van der Waals surface area (Å²) in [4.78, 5) is 0. The monoisotopic (exact) mass is 250 g/mol. The standard InChI is InChI=1S/C18H18O/c1-6-12-18(13-7-1)16-10-4-2-8-14(16)15-9-3-5-11-17(15)19-18/h2-5,8-11H,1,6-7,12-13H2. The number of para-hydroxylation sites is 1. The molecule has 1 heterocycles. The fourth-order valence-electron chi connectivity index (χ4n) is 3.65. The van der Waals surface area contributed by atoms with Crippen LogP contribution < -0.4 is 4.74 Å². The van der Waals surface area contributed by atoms with Gasteiger partial charge in [0.2, 0.25) is 0 Å². The fourth-order valence-corrected chi connectivity index (χ4v) is 3.65. The van der Waals surface area contributed by atoms with E-state index in [4.69, 9.17) is 4.74 Å². The Morgan fingerprint density at radius 3 is 2.26 bits per heavy atom. The van der Waals surface area contributed by atoms with Crippen LogP contribution in [0.5, 0.6) is 5.75 Å². The molecule has 2 aromatic rings. The van der Waals surface area contributed by atoms with Gasteiger partial charge in [-0.25, -0.2) is 0 Å². The first-order valence-corrected chi connectivity index (χ1v) is 7.27. The van der Waals surface area contributed by atoms with Crippen LogP contribution in [0, 0.1) is 0 Å². The lowest BCUT2D eigenvalue weighted by Gasteiger charge is -2.42. The second-order valence-electron chi connectivity index (χ2n) is 5.70. The summed E-state index contributed by atoms with van der Waals surface area (Å²) in [5.41, 5.74) is 3.94. The Balaban J connectivity index is 1.95. The van der Waals surface area contributed by atoms with Crippen molar-refractivity contribution in [2.45, 2.75) is 37.7 Å². The third-order valence-corrected chi connectivity index (χ3v) is 4.56. The van der Waals surface area contributed by atoms with Crippen LogP contribution in [0.15, 0.2) is 48.5 Å². The minimum atomic E-state index is -0.0663. The van der Waals surface area contributed by atoms with E-state index in [1.807, 2.05) is 0 Å². The summed E-state index contributed by atoms with van der Waals surface area (Å²) in [7, 11) is 0. The highest BCUT2D eigenvalue weighted by Crippen LogP contribution is 2.50. The summed E-state index contributed by atoms with van der Waals surface area (Å²) >= 11 is 0. The summed E-state index contributed by atoms with van der Waals surface area (Å²) in [5.74, 6) is 1.06. The number of benzene rings is 2. The molecule has 19 heavy (non-hydrogen) atoms. The van der Waals surface area contributed by atoms with Gasteiger partial charge in [0.25, 0.3) is 0 Å². The molecule has 0 radical (unpaired) electrons. The van der Waals surface area contributed by atoms with Crippen LogP contribution in [0.3, 0.4) is 0 Å². The third-order valence-electron chi connectivity index (χ3n) is 4.56. The van der Waals surface area contributed by atoms with Crippen LogP contribution in [0.1, 0.15) is 37.7 Å². The molecule has 1 nitrogen and oxygen atoms in total. The maximum absolute atomic E-state index is 6.49. The zero-order chi connectivity index (χ0) is 12.7. The van der Waals surface area contributed by atoms with Crippen molar-refractivity contribution in [1.82, 2.24) is 0 Å². The van der Waals surface area contributed by atoms with E-state index in [1.54, 1.807) is 0 Å². The van der Waals surface area contributed by atoms with E-state index in [9.17, 15) is 0 Å². The van der Waals surface area contributed by atoms with E-state index in [0.717, 1.165) is 18.6 Å². The van der Waals surface area contributed by atoms with Gasteiger partial charge < -0.3 is 4.74 Å². The molecule has 1 spiro atoms. The Kier molecular flexibility index (Phi) is 2.41. The molecule has 2 aliphatic rings. The second kappa shape index (κ2) is 4.12. The summed E-state index contributed by atoms with van der Waals surface area (Å²) in [6.07, 6.45) is 6.19. The topological polar surface area (TPSA) is 9.23 Å². The lowest BCUT2D eigenvalue weighted by Crippen LogP contribution is -2.38. The van der Waals surface area contributed by atoms with Gasteiger partial charge in [-0.15, -0.1) is 0 Å². The third kappa shape index (κ3) is 1.61. The fraction of sp³-hybridized carbons (Fsp3) is 0.333. The molecular weight excluding hydrogens is 232 g/mol. The van der Waals surface area contributed by atoms with E-state index in [0.29, 0.717) is 0 Å². The Bertz CT molecular complexity index is 609. The Morgan fingerprint density at radius 1 is 0.737 bits per heavy atom. The van der Waals surface area contributed by atoms with Crippen LogP contribution in [0.2, 0.25) is 0 Å². The van der Waals surface area contributed by atoms with E-state index in [1.165, 1.54) is 36.0 Å². The predicted octanol–water partition coefficient (Wildman–Crippen LogP) is 4.91. The van der Waals surface area contributed by atoms with Gasteiger partial charge in [-0.2, -0.15) is 0 Å². The summed E-state index contributed by atoms with van der Waals surface area (Å²) in [6, 6.07) is 17.2.